The first-order valence-corrected chi connectivity index (χ1v) is 14.9. The van der Waals surface area contributed by atoms with Gasteiger partial charge in [-0.25, -0.2) is 8.42 Å². The van der Waals surface area contributed by atoms with Gasteiger partial charge in [-0.3, -0.25) is 13.9 Å². The molecule has 1 aliphatic carbocycles. The largest absolute Gasteiger partial charge is 0.497 e. The SMILES string of the molecule is CCOc1ccccc1N(CC(=O)N(Cc1ccc(OC)cc1)C(C)C(=O)NC1CCCCC1)S(C)(=O)=O. The summed E-state index contributed by atoms with van der Waals surface area (Å²) in [6, 6.07) is 13.2. The van der Waals surface area contributed by atoms with E-state index in [0.717, 1.165) is 48.2 Å². The van der Waals surface area contributed by atoms with Crippen LogP contribution in [0.2, 0.25) is 0 Å². The summed E-state index contributed by atoms with van der Waals surface area (Å²) < 4.78 is 37.6. The second-order valence-electron chi connectivity index (χ2n) is 9.56. The third-order valence-corrected chi connectivity index (χ3v) is 7.87. The molecule has 38 heavy (non-hydrogen) atoms. The van der Waals surface area contributed by atoms with Crippen LogP contribution >= 0.6 is 0 Å². The van der Waals surface area contributed by atoms with E-state index in [1.807, 2.05) is 12.1 Å². The molecule has 1 unspecified atom stereocenters. The van der Waals surface area contributed by atoms with E-state index in [9.17, 15) is 18.0 Å². The first kappa shape index (κ1) is 29.3. The molecule has 0 radical (unpaired) electrons. The van der Waals surface area contributed by atoms with Gasteiger partial charge in [0.25, 0.3) is 0 Å². The van der Waals surface area contributed by atoms with Crippen molar-refractivity contribution in [1.82, 2.24) is 10.2 Å². The number of nitrogens with one attached hydrogen (secondary N) is 1. The minimum absolute atomic E-state index is 0.0854. The average Bonchev–Trinajstić information content (AvgIpc) is 2.91. The Kier molecular flexibility index (Phi) is 10.4. The monoisotopic (exact) mass is 545 g/mol. The van der Waals surface area contributed by atoms with Gasteiger partial charge in [0, 0.05) is 12.6 Å². The van der Waals surface area contributed by atoms with E-state index < -0.39 is 28.5 Å². The molecule has 2 aromatic rings. The molecular weight excluding hydrogens is 506 g/mol. The number of para-hydroxylation sites is 2. The zero-order valence-electron chi connectivity index (χ0n) is 22.7. The minimum Gasteiger partial charge on any atom is -0.497 e. The minimum atomic E-state index is -3.85. The molecule has 1 aliphatic rings. The van der Waals surface area contributed by atoms with Crippen LogP contribution in [0.3, 0.4) is 0 Å². The van der Waals surface area contributed by atoms with Crippen LogP contribution in [0, 0.1) is 0 Å². The van der Waals surface area contributed by atoms with Gasteiger partial charge in [0.15, 0.2) is 0 Å². The Hall–Kier alpha value is -3.27. The van der Waals surface area contributed by atoms with Gasteiger partial charge in [-0.15, -0.1) is 0 Å². The molecule has 10 heteroatoms. The van der Waals surface area contributed by atoms with Crippen LogP contribution in [-0.2, 0) is 26.2 Å². The molecule has 0 saturated heterocycles. The lowest BCUT2D eigenvalue weighted by molar-refractivity contribution is -0.139. The van der Waals surface area contributed by atoms with E-state index in [0.29, 0.717) is 18.1 Å². The highest BCUT2D eigenvalue weighted by molar-refractivity contribution is 7.92. The number of benzene rings is 2. The maximum atomic E-state index is 13.8. The predicted octanol–water partition coefficient (Wildman–Crippen LogP) is 3.73. The predicted molar refractivity (Wildman–Crippen MR) is 148 cm³/mol. The van der Waals surface area contributed by atoms with Crippen molar-refractivity contribution < 1.29 is 27.5 Å². The summed E-state index contributed by atoms with van der Waals surface area (Å²) >= 11 is 0. The van der Waals surface area contributed by atoms with Crippen LogP contribution in [0.1, 0.15) is 51.5 Å². The van der Waals surface area contributed by atoms with Gasteiger partial charge in [-0.2, -0.15) is 0 Å². The summed E-state index contributed by atoms with van der Waals surface area (Å²) in [6.45, 7) is 3.48. The summed E-state index contributed by atoms with van der Waals surface area (Å²) in [5.74, 6) is 0.284. The molecule has 2 aromatic carbocycles. The van der Waals surface area contributed by atoms with Crippen LogP contribution in [0.5, 0.6) is 11.5 Å². The number of carbonyl (C=O) groups is 2. The highest BCUT2D eigenvalue weighted by Crippen LogP contribution is 2.30. The van der Waals surface area contributed by atoms with Gasteiger partial charge >= 0.3 is 0 Å². The molecule has 1 atom stereocenters. The van der Waals surface area contributed by atoms with E-state index in [1.165, 1.54) is 4.90 Å². The molecule has 2 amide bonds. The van der Waals surface area contributed by atoms with Crippen molar-refractivity contribution >= 4 is 27.5 Å². The summed E-state index contributed by atoms with van der Waals surface area (Å²) in [6.07, 6.45) is 6.18. The molecule has 1 N–H and O–H groups in total. The number of amides is 2. The van der Waals surface area contributed by atoms with Crippen LogP contribution in [0.25, 0.3) is 0 Å². The van der Waals surface area contributed by atoms with Crippen molar-refractivity contribution in [2.45, 2.75) is 64.6 Å². The lowest BCUT2D eigenvalue weighted by atomic mass is 9.95. The van der Waals surface area contributed by atoms with Crippen LogP contribution in [0.4, 0.5) is 5.69 Å². The number of hydrogen-bond acceptors (Lipinski definition) is 6. The molecule has 0 spiro atoms. The normalized spacial score (nSPS) is 14.8. The zero-order valence-corrected chi connectivity index (χ0v) is 23.5. The molecule has 1 saturated carbocycles. The van der Waals surface area contributed by atoms with E-state index in [-0.39, 0.29) is 24.2 Å². The maximum Gasteiger partial charge on any atom is 0.244 e. The first-order valence-electron chi connectivity index (χ1n) is 13.1. The van der Waals surface area contributed by atoms with Crippen LogP contribution in [0.15, 0.2) is 48.5 Å². The second kappa shape index (κ2) is 13.5. The number of anilines is 1. The van der Waals surface area contributed by atoms with Gasteiger partial charge in [-0.05, 0) is 56.5 Å². The van der Waals surface area contributed by atoms with Crippen LogP contribution < -0.4 is 19.1 Å². The quantitative estimate of drug-likeness (QED) is 0.436. The van der Waals surface area contributed by atoms with Crippen molar-refractivity contribution in [1.29, 1.82) is 0 Å². The smallest absolute Gasteiger partial charge is 0.244 e. The zero-order chi connectivity index (χ0) is 27.7. The lowest BCUT2D eigenvalue weighted by Gasteiger charge is -2.33. The van der Waals surface area contributed by atoms with Crippen molar-refractivity contribution in [2.75, 3.05) is 30.8 Å². The number of carbonyl (C=O) groups excluding carboxylic acids is 2. The molecule has 208 valence electrons. The average molecular weight is 546 g/mol. The number of nitrogens with zero attached hydrogens (tertiary/aromatic N) is 2. The summed E-state index contributed by atoms with van der Waals surface area (Å²) in [4.78, 5) is 28.5. The van der Waals surface area contributed by atoms with E-state index in [2.05, 4.69) is 5.32 Å². The Morgan fingerprint density at radius 2 is 1.71 bits per heavy atom. The Balaban J connectivity index is 1.90. The number of rotatable bonds is 12. The number of ether oxygens (including phenoxy) is 2. The summed E-state index contributed by atoms with van der Waals surface area (Å²) in [7, 11) is -2.28. The first-order chi connectivity index (χ1) is 18.1. The number of hydrogen-bond donors (Lipinski definition) is 1. The van der Waals surface area contributed by atoms with Crippen molar-refractivity contribution in [3.63, 3.8) is 0 Å². The van der Waals surface area contributed by atoms with Crippen molar-refractivity contribution in [2.24, 2.45) is 0 Å². The molecule has 3 rings (SSSR count). The van der Waals surface area contributed by atoms with Gasteiger partial charge in [0.1, 0.15) is 24.1 Å². The fraction of sp³-hybridized carbons (Fsp3) is 0.500. The molecule has 1 fully saturated rings. The fourth-order valence-electron chi connectivity index (χ4n) is 4.61. The van der Waals surface area contributed by atoms with Gasteiger partial charge in [-0.1, -0.05) is 43.5 Å². The molecule has 9 nitrogen and oxygen atoms in total. The van der Waals surface area contributed by atoms with Gasteiger partial charge in [0.05, 0.1) is 25.7 Å². The number of methoxy groups -OCH3 is 1. The fourth-order valence-corrected chi connectivity index (χ4v) is 5.47. The van der Waals surface area contributed by atoms with E-state index in [4.69, 9.17) is 9.47 Å². The van der Waals surface area contributed by atoms with E-state index in [1.54, 1.807) is 57.4 Å². The van der Waals surface area contributed by atoms with Gasteiger partial charge in [0.2, 0.25) is 21.8 Å². The third-order valence-electron chi connectivity index (χ3n) is 6.74. The Morgan fingerprint density at radius 3 is 2.32 bits per heavy atom. The molecule has 0 aromatic heterocycles. The molecule has 0 aliphatic heterocycles. The number of sulfonamides is 1. The van der Waals surface area contributed by atoms with Gasteiger partial charge < -0.3 is 19.7 Å². The Bertz CT molecular complexity index is 1180. The topological polar surface area (TPSA) is 105 Å². The molecule has 0 heterocycles. The molecule has 0 bridgehead atoms. The Labute approximate surface area is 226 Å². The standard InChI is InChI=1S/C28H39N3O6S/c1-5-37-26-14-10-9-13-25(26)31(38(4,34)35)20-27(32)30(19-22-15-17-24(36-3)18-16-22)21(2)28(33)29-23-11-7-6-8-12-23/h9-10,13-18,21,23H,5-8,11-12,19-20H2,1-4H3,(H,29,33). The maximum absolute atomic E-state index is 13.8. The highest BCUT2D eigenvalue weighted by Gasteiger charge is 2.32. The van der Waals surface area contributed by atoms with E-state index >= 15 is 0 Å². The Morgan fingerprint density at radius 1 is 1.05 bits per heavy atom. The lowest BCUT2D eigenvalue weighted by Crippen LogP contribution is -2.53. The third kappa shape index (κ3) is 7.86. The van der Waals surface area contributed by atoms with Crippen LogP contribution in [-0.4, -0.2) is 63.7 Å². The summed E-state index contributed by atoms with van der Waals surface area (Å²) in [5.41, 5.74) is 1.06. The van der Waals surface area contributed by atoms with Crippen molar-refractivity contribution in [3.8, 4) is 11.5 Å². The second-order valence-corrected chi connectivity index (χ2v) is 11.5. The molecular formula is C28H39N3O6S. The van der Waals surface area contributed by atoms with Crippen molar-refractivity contribution in [3.05, 3.63) is 54.1 Å². The highest BCUT2D eigenvalue weighted by atomic mass is 32.2. The summed E-state index contributed by atoms with van der Waals surface area (Å²) in [5, 5.41) is 3.09.